The molecule has 0 aliphatic carbocycles. The van der Waals surface area contributed by atoms with Gasteiger partial charge in [0.1, 0.15) is 5.69 Å². The second-order valence-corrected chi connectivity index (χ2v) is 5.53. The van der Waals surface area contributed by atoms with E-state index >= 15 is 0 Å². The zero-order valence-corrected chi connectivity index (χ0v) is 12.4. The van der Waals surface area contributed by atoms with Gasteiger partial charge in [-0.15, -0.1) is 0 Å². The first-order valence-electron chi connectivity index (χ1n) is 6.53. The molecule has 0 aromatic carbocycles. The van der Waals surface area contributed by atoms with E-state index in [0.29, 0.717) is 6.07 Å². The van der Waals surface area contributed by atoms with Gasteiger partial charge in [0, 0.05) is 6.20 Å². The maximum absolute atomic E-state index is 12.4. The standard InChI is InChI=1S/C14H17F3N2O3/c1-8(2)13(3,6-11(20)21)19-12(22)9-4-5-10(18-7-9)14(15,16)17/h4-5,7-8H,6H2,1-3H3,(H,19,22)(H,20,21). The Morgan fingerprint density at radius 2 is 1.91 bits per heavy atom. The molecule has 0 fully saturated rings. The lowest BCUT2D eigenvalue weighted by molar-refractivity contribution is -0.141. The molecule has 1 aromatic heterocycles. The fraction of sp³-hybridized carbons (Fsp3) is 0.500. The summed E-state index contributed by atoms with van der Waals surface area (Å²) in [5, 5.41) is 11.5. The minimum Gasteiger partial charge on any atom is -0.481 e. The van der Waals surface area contributed by atoms with E-state index in [9.17, 15) is 22.8 Å². The molecule has 0 aliphatic heterocycles. The Balaban J connectivity index is 2.93. The third kappa shape index (κ3) is 4.44. The molecule has 2 N–H and O–H groups in total. The SMILES string of the molecule is CC(C)C(C)(CC(=O)O)NC(=O)c1ccc(C(F)(F)F)nc1. The predicted molar refractivity (Wildman–Crippen MR) is 72.2 cm³/mol. The molecule has 5 nitrogen and oxygen atoms in total. The molecule has 1 amide bonds. The Hall–Kier alpha value is -2.12. The van der Waals surface area contributed by atoms with Crippen molar-refractivity contribution in [3.8, 4) is 0 Å². The van der Waals surface area contributed by atoms with E-state index < -0.39 is 29.3 Å². The van der Waals surface area contributed by atoms with E-state index in [1.807, 2.05) is 0 Å². The topological polar surface area (TPSA) is 79.3 Å². The van der Waals surface area contributed by atoms with Crippen molar-refractivity contribution in [1.29, 1.82) is 0 Å². The molecule has 0 saturated carbocycles. The number of rotatable bonds is 5. The molecule has 1 atom stereocenters. The van der Waals surface area contributed by atoms with Crippen LogP contribution < -0.4 is 5.32 Å². The van der Waals surface area contributed by atoms with Crippen LogP contribution >= 0.6 is 0 Å². The van der Waals surface area contributed by atoms with Crippen LogP contribution in [0.25, 0.3) is 0 Å². The van der Waals surface area contributed by atoms with Gasteiger partial charge in [0.2, 0.25) is 0 Å². The summed E-state index contributed by atoms with van der Waals surface area (Å²) in [7, 11) is 0. The lowest BCUT2D eigenvalue weighted by atomic mass is 9.85. The van der Waals surface area contributed by atoms with Crippen molar-refractivity contribution in [2.45, 2.75) is 38.9 Å². The number of aliphatic carboxylic acids is 1. The predicted octanol–water partition coefficient (Wildman–Crippen LogP) is 2.72. The summed E-state index contributed by atoms with van der Waals surface area (Å²) in [6, 6.07) is 1.71. The van der Waals surface area contributed by atoms with Crippen LogP contribution in [0, 0.1) is 5.92 Å². The average molecular weight is 318 g/mol. The molecule has 0 bridgehead atoms. The lowest BCUT2D eigenvalue weighted by Gasteiger charge is -2.33. The Morgan fingerprint density at radius 3 is 2.27 bits per heavy atom. The van der Waals surface area contributed by atoms with Gasteiger partial charge in [0.05, 0.1) is 17.5 Å². The smallest absolute Gasteiger partial charge is 0.433 e. The van der Waals surface area contributed by atoms with Crippen LogP contribution in [0.1, 0.15) is 43.2 Å². The Labute approximate surface area is 125 Å². The fourth-order valence-corrected chi connectivity index (χ4v) is 1.73. The quantitative estimate of drug-likeness (QED) is 0.875. The number of amides is 1. The molecule has 1 unspecified atom stereocenters. The summed E-state index contributed by atoms with van der Waals surface area (Å²) in [5.74, 6) is -1.93. The van der Waals surface area contributed by atoms with Crippen molar-refractivity contribution in [1.82, 2.24) is 10.3 Å². The molecule has 1 heterocycles. The molecule has 0 radical (unpaired) electrons. The number of aromatic nitrogens is 1. The van der Waals surface area contributed by atoms with Crippen LogP contribution in [0.3, 0.4) is 0 Å². The number of carbonyl (C=O) groups excluding carboxylic acids is 1. The number of carboxylic acids is 1. The van der Waals surface area contributed by atoms with Crippen LogP contribution in [-0.2, 0) is 11.0 Å². The zero-order valence-electron chi connectivity index (χ0n) is 12.4. The highest BCUT2D eigenvalue weighted by Gasteiger charge is 2.34. The Morgan fingerprint density at radius 1 is 1.32 bits per heavy atom. The van der Waals surface area contributed by atoms with E-state index in [1.54, 1.807) is 20.8 Å². The first-order chi connectivity index (χ1) is 9.95. The van der Waals surface area contributed by atoms with Crippen molar-refractivity contribution in [3.63, 3.8) is 0 Å². The Bertz CT molecular complexity index is 555. The van der Waals surface area contributed by atoms with Gasteiger partial charge in [-0.25, -0.2) is 0 Å². The van der Waals surface area contributed by atoms with Crippen LogP contribution in [0.5, 0.6) is 0 Å². The van der Waals surface area contributed by atoms with Gasteiger partial charge >= 0.3 is 12.1 Å². The number of pyridine rings is 1. The number of halogens is 3. The molecule has 0 saturated heterocycles. The summed E-state index contributed by atoms with van der Waals surface area (Å²) in [5.41, 5.74) is -2.18. The van der Waals surface area contributed by atoms with Gasteiger partial charge in [0.15, 0.2) is 0 Å². The third-order valence-corrected chi connectivity index (χ3v) is 3.51. The summed E-state index contributed by atoms with van der Waals surface area (Å²) >= 11 is 0. The van der Waals surface area contributed by atoms with Crippen molar-refractivity contribution in [3.05, 3.63) is 29.6 Å². The molecule has 1 aromatic rings. The first-order valence-corrected chi connectivity index (χ1v) is 6.53. The summed E-state index contributed by atoms with van der Waals surface area (Å²) in [6.07, 6.45) is -4.06. The number of nitrogens with one attached hydrogen (secondary N) is 1. The highest BCUT2D eigenvalue weighted by atomic mass is 19.4. The highest BCUT2D eigenvalue weighted by molar-refractivity contribution is 5.94. The molecule has 22 heavy (non-hydrogen) atoms. The zero-order chi connectivity index (χ0) is 17.1. The summed E-state index contributed by atoms with van der Waals surface area (Å²) < 4.78 is 37.2. The lowest BCUT2D eigenvalue weighted by Crippen LogP contribution is -2.51. The number of alkyl halides is 3. The molecule has 8 heteroatoms. The van der Waals surface area contributed by atoms with Gasteiger partial charge < -0.3 is 10.4 Å². The number of nitrogens with zero attached hydrogens (tertiary/aromatic N) is 1. The van der Waals surface area contributed by atoms with Crippen LogP contribution in [0.2, 0.25) is 0 Å². The van der Waals surface area contributed by atoms with Gasteiger partial charge in [-0.1, -0.05) is 13.8 Å². The van der Waals surface area contributed by atoms with Crippen molar-refractivity contribution in [2.75, 3.05) is 0 Å². The van der Waals surface area contributed by atoms with Crippen molar-refractivity contribution >= 4 is 11.9 Å². The number of hydrogen-bond acceptors (Lipinski definition) is 3. The number of carboxylic acid groups (broad SMARTS) is 1. The average Bonchev–Trinajstić information content (AvgIpc) is 2.36. The molecule has 0 aliphatic rings. The van der Waals surface area contributed by atoms with Gasteiger partial charge in [-0.05, 0) is 25.0 Å². The van der Waals surface area contributed by atoms with Crippen LogP contribution in [-0.4, -0.2) is 27.5 Å². The van der Waals surface area contributed by atoms with E-state index in [2.05, 4.69) is 10.3 Å². The fourth-order valence-electron chi connectivity index (χ4n) is 1.73. The van der Waals surface area contributed by atoms with Gasteiger partial charge in [-0.2, -0.15) is 13.2 Å². The largest absolute Gasteiger partial charge is 0.481 e. The van der Waals surface area contributed by atoms with Crippen molar-refractivity contribution < 1.29 is 27.9 Å². The number of carbonyl (C=O) groups is 2. The summed E-state index contributed by atoms with van der Waals surface area (Å²) in [4.78, 5) is 26.2. The van der Waals surface area contributed by atoms with Crippen LogP contribution in [0.4, 0.5) is 13.2 Å². The van der Waals surface area contributed by atoms with Crippen molar-refractivity contribution in [2.24, 2.45) is 5.92 Å². The minimum absolute atomic E-state index is 0.0646. The van der Waals surface area contributed by atoms with Gasteiger partial charge in [0.25, 0.3) is 5.91 Å². The minimum atomic E-state index is -4.58. The molecule has 1 rings (SSSR count). The van der Waals surface area contributed by atoms with E-state index in [1.165, 1.54) is 0 Å². The summed E-state index contributed by atoms with van der Waals surface area (Å²) in [6.45, 7) is 5.06. The van der Waals surface area contributed by atoms with Crippen LogP contribution in [0.15, 0.2) is 18.3 Å². The molecule has 0 spiro atoms. The second-order valence-electron chi connectivity index (χ2n) is 5.53. The van der Waals surface area contributed by atoms with E-state index in [-0.39, 0.29) is 17.9 Å². The molecule has 122 valence electrons. The second kappa shape index (κ2) is 6.33. The monoisotopic (exact) mass is 318 g/mol. The first kappa shape index (κ1) is 17.9. The third-order valence-electron chi connectivity index (χ3n) is 3.51. The molecular formula is C14H17F3N2O3. The number of hydrogen-bond donors (Lipinski definition) is 2. The maximum atomic E-state index is 12.4. The van der Waals surface area contributed by atoms with Gasteiger partial charge in [-0.3, -0.25) is 14.6 Å². The molecular weight excluding hydrogens is 301 g/mol. The normalized spacial score (nSPS) is 14.5. The maximum Gasteiger partial charge on any atom is 0.433 e. The van der Waals surface area contributed by atoms with E-state index in [0.717, 1.165) is 12.3 Å². The Kier molecular flexibility index (Phi) is 5.16. The van der Waals surface area contributed by atoms with E-state index in [4.69, 9.17) is 5.11 Å². The highest BCUT2D eigenvalue weighted by Crippen LogP contribution is 2.27.